The van der Waals surface area contributed by atoms with Crippen LogP contribution in [-0.4, -0.2) is 11.9 Å². The lowest BCUT2D eigenvalue weighted by Gasteiger charge is -2.21. The first kappa shape index (κ1) is 19.5. The lowest BCUT2D eigenvalue weighted by atomic mass is 9.97. The number of carbonyl (C=O) groups excluding carboxylic acids is 1. The summed E-state index contributed by atoms with van der Waals surface area (Å²) in [5, 5.41) is 3.27. The fourth-order valence-electron chi connectivity index (χ4n) is 3.51. The maximum absolute atomic E-state index is 12.6. The zero-order valence-corrected chi connectivity index (χ0v) is 15.3. The number of halogens is 1. The number of benzene rings is 2. The number of nitrogens with one attached hydrogen (secondary N) is 1. The fraction of sp³-hybridized carbons (Fsp3) is 0.381. The number of rotatable bonds is 6. The maximum Gasteiger partial charge on any atom is 0.223 e. The van der Waals surface area contributed by atoms with Crippen molar-refractivity contribution in [2.24, 2.45) is 11.7 Å². The molecule has 3 N–H and O–H groups in total. The SMILES string of the molecule is Cl.NC1CCC(C(=O)NC(CCc2ccccc2)c2ccccc2)C1. The number of aryl methyl sites for hydroxylation is 1. The van der Waals surface area contributed by atoms with Gasteiger partial charge in [-0.25, -0.2) is 0 Å². The van der Waals surface area contributed by atoms with Gasteiger partial charge in [-0.15, -0.1) is 12.4 Å². The molecule has 4 heteroatoms. The second kappa shape index (κ2) is 9.59. The molecule has 25 heavy (non-hydrogen) atoms. The van der Waals surface area contributed by atoms with Crippen LogP contribution in [-0.2, 0) is 11.2 Å². The highest BCUT2D eigenvalue weighted by molar-refractivity contribution is 5.85. The molecule has 1 aliphatic rings. The molecule has 1 saturated carbocycles. The molecule has 3 rings (SSSR count). The third-order valence-corrected chi connectivity index (χ3v) is 4.93. The van der Waals surface area contributed by atoms with Crippen molar-refractivity contribution >= 4 is 18.3 Å². The average molecular weight is 359 g/mol. The van der Waals surface area contributed by atoms with Crippen LogP contribution < -0.4 is 11.1 Å². The van der Waals surface area contributed by atoms with E-state index in [4.69, 9.17) is 5.73 Å². The zero-order valence-electron chi connectivity index (χ0n) is 14.4. The largest absolute Gasteiger partial charge is 0.349 e. The first-order valence-corrected chi connectivity index (χ1v) is 8.87. The molecule has 0 heterocycles. The van der Waals surface area contributed by atoms with Gasteiger partial charge in [0.25, 0.3) is 0 Å². The zero-order chi connectivity index (χ0) is 16.8. The predicted octanol–water partition coefficient (Wildman–Crippen LogP) is 4.03. The number of nitrogens with two attached hydrogens (primary N) is 1. The Bertz CT molecular complexity index is 647. The van der Waals surface area contributed by atoms with E-state index in [0.717, 1.165) is 32.1 Å². The molecule has 134 valence electrons. The molecule has 3 atom stereocenters. The second-order valence-corrected chi connectivity index (χ2v) is 6.77. The fourth-order valence-corrected chi connectivity index (χ4v) is 3.51. The van der Waals surface area contributed by atoms with E-state index in [1.807, 2.05) is 24.3 Å². The van der Waals surface area contributed by atoms with E-state index in [9.17, 15) is 4.79 Å². The molecule has 0 saturated heterocycles. The van der Waals surface area contributed by atoms with E-state index in [0.29, 0.717) is 0 Å². The topological polar surface area (TPSA) is 55.1 Å². The third-order valence-electron chi connectivity index (χ3n) is 4.93. The van der Waals surface area contributed by atoms with Crippen LogP contribution in [0.2, 0.25) is 0 Å². The van der Waals surface area contributed by atoms with Crippen molar-refractivity contribution in [1.82, 2.24) is 5.32 Å². The molecule has 0 aliphatic heterocycles. The summed E-state index contributed by atoms with van der Waals surface area (Å²) in [7, 11) is 0. The molecule has 2 aromatic carbocycles. The molecule has 0 bridgehead atoms. The Morgan fingerprint density at radius 1 is 1.04 bits per heavy atom. The van der Waals surface area contributed by atoms with E-state index in [-0.39, 0.29) is 36.3 Å². The van der Waals surface area contributed by atoms with Crippen molar-refractivity contribution in [1.29, 1.82) is 0 Å². The summed E-state index contributed by atoms with van der Waals surface area (Å²) in [5.41, 5.74) is 8.43. The van der Waals surface area contributed by atoms with Crippen LogP contribution in [0, 0.1) is 5.92 Å². The van der Waals surface area contributed by atoms with Crippen molar-refractivity contribution in [3.05, 3.63) is 71.8 Å². The minimum atomic E-state index is 0. The Balaban J connectivity index is 0.00000225. The molecular weight excluding hydrogens is 332 g/mol. The van der Waals surface area contributed by atoms with Crippen molar-refractivity contribution in [3.8, 4) is 0 Å². The summed E-state index contributed by atoms with van der Waals surface area (Å²) in [4.78, 5) is 12.6. The average Bonchev–Trinajstić information content (AvgIpc) is 3.06. The van der Waals surface area contributed by atoms with Gasteiger partial charge in [0.05, 0.1) is 6.04 Å². The van der Waals surface area contributed by atoms with Gasteiger partial charge in [0, 0.05) is 12.0 Å². The summed E-state index contributed by atoms with van der Waals surface area (Å²) >= 11 is 0. The second-order valence-electron chi connectivity index (χ2n) is 6.77. The monoisotopic (exact) mass is 358 g/mol. The van der Waals surface area contributed by atoms with E-state index < -0.39 is 0 Å². The molecule has 0 aromatic heterocycles. The van der Waals surface area contributed by atoms with Crippen molar-refractivity contribution in [2.45, 2.75) is 44.2 Å². The Morgan fingerprint density at radius 3 is 2.28 bits per heavy atom. The van der Waals surface area contributed by atoms with Gasteiger partial charge in [-0.2, -0.15) is 0 Å². The summed E-state index contributed by atoms with van der Waals surface area (Å²) in [6.07, 6.45) is 4.53. The standard InChI is InChI=1S/C21H26N2O.ClH/c22-19-13-12-18(15-19)21(24)23-20(17-9-5-2-6-10-17)14-11-16-7-3-1-4-8-16;/h1-10,18-20H,11-15,22H2,(H,23,24);1H. The van der Waals surface area contributed by atoms with Gasteiger partial charge in [0.1, 0.15) is 0 Å². The number of hydrogen-bond acceptors (Lipinski definition) is 2. The Kier molecular flexibility index (Phi) is 7.48. The third kappa shape index (κ3) is 5.58. The van der Waals surface area contributed by atoms with Crippen LogP contribution >= 0.6 is 12.4 Å². The highest BCUT2D eigenvalue weighted by Crippen LogP contribution is 2.26. The van der Waals surface area contributed by atoms with Gasteiger partial charge >= 0.3 is 0 Å². The lowest BCUT2D eigenvalue weighted by molar-refractivity contribution is -0.125. The van der Waals surface area contributed by atoms with Crippen LogP contribution in [0.4, 0.5) is 0 Å². The minimum absolute atomic E-state index is 0. The number of amides is 1. The summed E-state index contributed by atoms with van der Waals surface area (Å²) < 4.78 is 0. The van der Waals surface area contributed by atoms with Gasteiger partial charge in [-0.3, -0.25) is 4.79 Å². The quantitative estimate of drug-likeness (QED) is 0.819. The summed E-state index contributed by atoms with van der Waals surface area (Å²) in [5.74, 6) is 0.229. The van der Waals surface area contributed by atoms with E-state index in [1.165, 1.54) is 11.1 Å². The molecule has 1 fully saturated rings. The molecule has 0 spiro atoms. The van der Waals surface area contributed by atoms with Crippen LogP contribution in [0.3, 0.4) is 0 Å². The van der Waals surface area contributed by atoms with Gasteiger partial charge < -0.3 is 11.1 Å². The lowest BCUT2D eigenvalue weighted by Crippen LogP contribution is -2.34. The van der Waals surface area contributed by atoms with Crippen molar-refractivity contribution in [3.63, 3.8) is 0 Å². The van der Waals surface area contributed by atoms with Crippen LogP contribution in [0.1, 0.15) is 42.9 Å². The Morgan fingerprint density at radius 2 is 1.68 bits per heavy atom. The smallest absolute Gasteiger partial charge is 0.223 e. The van der Waals surface area contributed by atoms with Crippen LogP contribution in [0.25, 0.3) is 0 Å². The number of hydrogen-bond donors (Lipinski definition) is 2. The first-order chi connectivity index (χ1) is 11.7. The Labute approximate surface area is 156 Å². The summed E-state index contributed by atoms with van der Waals surface area (Å²) in [6.45, 7) is 0. The van der Waals surface area contributed by atoms with E-state index in [2.05, 4.69) is 41.7 Å². The molecule has 3 unspecified atom stereocenters. The normalized spacial score (nSPS) is 20.5. The molecular formula is C21H27ClN2O. The van der Waals surface area contributed by atoms with Gasteiger partial charge in [0.2, 0.25) is 5.91 Å². The highest BCUT2D eigenvalue weighted by atomic mass is 35.5. The first-order valence-electron chi connectivity index (χ1n) is 8.87. The van der Waals surface area contributed by atoms with Gasteiger partial charge in [-0.1, -0.05) is 60.7 Å². The molecule has 0 radical (unpaired) electrons. The van der Waals surface area contributed by atoms with Gasteiger partial charge in [0.15, 0.2) is 0 Å². The summed E-state index contributed by atoms with van der Waals surface area (Å²) in [6, 6.07) is 20.9. The Hall–Kier alpha value is -1.84. The van der Waals surface area contributed by atoms with Crippen LogP contribution in [0.5, 0.6) is 0 Å². The minimum Gasteiger partial charge on any atom is -0.349 e. The van der Waals surface area contributed by atoms with Gasteiger partial charge in [-0.05, 0) is 43.2 Å². The van der Waals surface area contributed by atoms with E-state index in [1.54, 1.807) is 0 Å². The number of carbonyl (C=O) groups is 1. The highest BCUT2D eigenvalue weighted by Gasteiger charge is 2.29. The predicted molar refractivity (Wildman–Crippen MR) is 105 cm³/mol. The molecule has 3 nitrogen and oxygen atoms in total. The molecule has 1 aliphatic carbocycles. The van der Waals surface area contributed by atoms with E-state index >= 15 is 0 Å². The molecule has 2 aromatic rings. The van der Waals surface area contributed by atoms with Crippen molar-refractivity contribution in [2.75, 3.05) is 0 Å². The molecule has 1 amide bonds. The van der Waals surface area contributed by atoms with Crippen molar-refractivity contribution < 1.29 is 4.79 Å². The van der Waals surface area contributed by atoms with Crippen LogP contribution in [0.15, 0.2) is 60.7 Å². The maximum atomic E-state index is 12.6.